The average Bonchev–Trinajstić information content (AvgIpc) is 3.14. The third-order valence-electron chi connectivity index (χ3n) is 4.03. The maximum atomic E-state index is 9.21. The molecule has 0 saturated carbocycles. The van der Waals surface area contributed by atoms with Crippen LogP contribution in [0, 0.1) is 11.8 Å². The Morgan fingerprint density at radius 2 is 1.93 bits per heavy atom. The highest BCUT2D eigenvalue weighted by molar-refractivity contribution is 7.12. The molecular formula is C21H27NO4S. The number of aliphatic hydroxyl groups is 1. The van der Waals surface area contributed by atoms with E-state index in [4.69, 9.17) is 19.9 Å². The lowest BCUT2D eigenvalue weighted by molar-refractivity contribution is 0.201. The second kappa shape index (κ2) is 10.2. The van der Waals surface area contributed by atoms with Crippen molar-refractivity contribution in [3.8, 4) is 29.1 Å². The number of hydrogen-bond donors (Lipinski definition) is 2. The molecule has 0 aliphatic heterocycles. The van der Waals surface area contributed by atoms with E-state index in [1.165, 1.54) is 4.88 Å². The fourth-order valence-electron chi connectivity index (χ4n) is 2.34. The van der Waals surface area contributed by atoms with Crippen LogP contribution in [0.3, 0.4) is 0 Å². The second-order valence-corrected chi connectivity index (χ2v) is 7.66. The predicted molar refractivity (Wildman–Crippen MR) is 109 cm³/mol. The molecule has 1 unspecified atom stereocenters. The van der Waals surface area contributed by atoms with Crippen LogP contribution >= 0.6 is 11.3 Å². The van der Waals surface area contributed by atoms with Crippen LogP contribution in [0.15, 0.2) is 30.3 Å². The molecule has 0 bridgehead atoms. The van der Waals surface area contributed by atoms with E-state index in [9.17, 15) is 5.11 Å². The lowest BCUT2D eigenvalue weighted by atomic mass is 9.98. The van der Waals surface area contributed by atoms with Crippen molar-refractivity contribution < 1.29 is 19.3 Å². The summed E-state index contributed by atoms with van der Waals surface area (Å²) in [4.78, 5) is 2.25. The molecule has 0 radical (unpaired) electrons. The lowest BCUT2D eigenvalue weighted by Crippen LogP contribution is -2.40. The lowest BCUT2D eigenvalue weighted by Gasteiger charge is -2.20. The predicted octanol–water partition coefficient (Wildman–Crippen LogP) is 3.23. The number of hydrogen-bond acceptors (Lipinski definition) is 6. The maximum absolute atomic E-state index is 9.21. The largest absolute Gasteiger partial charge is 0.493 e. The topological polar surface area (TPSA) is 73.9 Å². The summed E-state index contributed by atoms with van der Waals surface area (Å²) in [6, 6.07) is 9.56. The number of thiophene rings is 1. The first kappa shape index (κ1) is 21.1. The molecule has 0 aliphatic rings. The molecule has 1 aromatic carbocycles. The first-order valence-electron chi connectivity index (χ1n) is 8.79. The van der Waals surface area contributed by atoms with Crippen molar-refractivity contribution in [3.63, 3.8) is 0 Å². The van der Waals surface area contributed by atoms with Crippen LogP contribution in [-0.4, -0.2) is 38.1 Å². The van der Waals surface area contributed by atoms with Gasteiger partial charge in [-0.3, -0.25) is 0 Å². The fraction of sp³-hybridized carbons (Fsp3) is 0.429. The van der Waals surface area contributed by atoms with Gasteiger partial charge in [0.2, 0.25) is 0 Å². The Bertz CT molecular complexity index is 789. The molecule has 5 nitrogen and oxygen atoms in total. The number of rotatable bonds is 9. The van der Waals surface area contributed by atoms with Crippen molar-refractivity contribution in [2.24, 2.45) is 5.73 Å². The van der Waals surface area contributed by atoms with E-state index < -0.39 is 5.54 Å². The molecule has 0 amide bonds. The molecular weight excluding hydrogens is 362 g/mol. The molecule has 2 aromatic rings. The van der Waals surface area contributed by atoms with Crippen LogP contribution < -0.4 is 19.9 Å². The van der Waals surface area contributed by atoms with Gasteiger partial charge in [-0.15, -0.1) is 11.3 Å². The molecule has 0 spiro atoms. The van der Waals surface area contributed by atoms with Crippen LogP contribution in [0.25, 0.3) is 0 Å². The molecule has 3 N–H and O–H groups in total. The summed E-state index contributed by atoms with van der Waals surface area (Å²) in [5.41, 5.74) is 5.43. The molecule has 27 heavy (non-hydrogen) atoms. The Morgan fingerprint density at radius 3 is 2.63 bits per heavy atom. The van der Waals surface area contributed by atoms with E-state index in [1.54, 1.807) is 31.6 Å². The Morgan fingerprint density at radius 1 is 1.15 bits per heavy atom. The molecule has 6 heteroatoms. The smallest absolute Gasteiger partial charge is 0.164 e. The molecule has 1 aromatic heterocycles. The van der Waals surface area contributed by atoms with Crippen LogP contribution in [0.4, 0.5) is 0 Å². The van der Waals surface area contributed by atoms with Gasteiger partial charge < -0.3 is 25.1 Å². The number of aryl methyl sites for hydroxylation is 1. The van der Waals surface area contributed by atoms with Gasteiger partial charge in [-0.05, 0) is 44.0 Å². The van der Waals surface area contributed by atoms with Crippen molar-refractivity contribution >= 4 is 11.3 Å². The maximum Gasteiger partial charge on any atom is 0.164 e. The summed E-state index contributed by atoms with van der Waals surface area (Å²) in [6.07, 6.45) is 2.23. The average molecular weight is 390 g/mol. The molecule has 146 valence electrons. The minimum Gasteiger partial charge on any atom is -0.493 e. The molecule has 0 aliphatic carbocycles. The highest BCUT2D eigenvalue weighted by Crippen LogP contribution is 2.30. The molecule has 1 heterocycles. The van der Waals surface area contributed by atoms with Gasteiger partial charge in [-0.25, -0.2) is 0 Å². The molecule has 0 saturated heterocycles. The zero-order valence-corrected chi connectivity index (χ0v) is 16.9. The Kier molecular flexibility index (Phi) is 7.99. The normalized spacial score (nSPS) is 12.6. The van der Waals surface area contributed by atoms with Crippen molar-refractivity contribution in [2.75, 3.05) is 27.4 Å². The highest BCUT2D eigenvalue weighted by atomic mass is 32.1. The summed E-state index contributed by atoms with van der Waals surface area (Å²) < 4.78 is 16.2. The van der Waals surface area contributed by atoms with Crippen molar-refractivity contribution in [2.45, 2.75) is 31.7 Å². The van der Waals surface area contributed by atoms with E-state index in [2.05, 4.69) is 17.9 Å². The monoisotopic (exact) mass is 389 g/mol. The molecule has 2 rings (SSSR count). The van der Waals surface area contributed by atoms with Crippen molar-refractivity contribution in [1.82, 2.24) is 0 Å². The zero-order valence-electron chi connectivity index (χ0n) is 16.1. The van der Waals surface area contributed by atoms with Gasteiger partial charge in [0.1, 0.15) is 5.75 Å². The fourth-order valence-corrected chi connectivity index (χ4v) is 3.23. The van der Waals surface area contributed by atoms with E-state index >= 15 is 0 Å². The van der Waals surface area contributed by atoms with Crippen molar-refractivity contribution in [3.05, 3.63) is 40.1 Å². The van der Waals surface area contributed by atoms with Crippen LogP contribution in [-0.2, 0) is 6.42 Å². The second-order valence-electron chi connectivity index (χ2n) is 6.50. The first-order chi connectivity index (χ1) is 13.0. The van der Waals surface area contributed by atoms with Crippen molar-refractivity contribution in [1.29, 1.82) is 0 Å². The number of ether oxygens (including phenoxy) is 3. The van der Waals surface area contributed by atoms with Crippen LogP contribution in [0.5, 0.6) is 17.2 Å². The Hall–Kier alpha value is -2.20. The van der Waals surface area contributed by atoms with E-state index in [-0.39, 0.29) is 6.61 Å². The van der Waals surface area contributed by atoms with E-state index in [1.807, 2.05) is 25.1 Å². The Balaban J connectivity index is 1.79. The van der Waals surface area contributed by atoms with Crippen LogP contribution in [0.1, 0.15) is 29.5 Å². The standard InChI is InChI=1S/C21H27NO4S/c1-21(22,15-23)12-11-18-9-8-17(27-18)6-4-5-13-26-16-7-10-19(24-2)20(14-16)25-3/h7-10,14,23H,5,11-13,15,22H2,1-3H3. The molecule has 0 fully saturated rings. The SMILES string of the molecule is COc1ccc(OCCC#Cc2ccc(CCC(C)(N)CO)s2)cc1OC. The quantitative estimate of drug-likeness (QED) is 0.509. The van der Waals surface area contributed by atoms with E-state index in [0.717, 1.165) is 23.5 Å². The van der Waals surface area contributed by atoms with Gasteiger partial charge in [0.15, 0.2) is 11.5 Å². The summed E-state index contributed by atoms with van der Waals surface area (Å²) in [5.74, 6) is 8.34. The Labute approximate surface area is 165 Å². The molecule has 1 atom stereocenters. The first-order valence-corrected chi connectivity index (χ1v) is 9.61. The summed E-state index contributed by atoms with van der Waals surface area (Å²) >= 11 is 1.67. The third-order valence-corrected chi connectivity index (χ3v) is 5.09. The summed E-state index contributed by atoms with van der Waals surface area (Å²) in [6.45, 7) is 2.35. The van der Waals surface area contributed by atoms with E-state index in [0.29, 0.717) is 24.5 Å². The van der Waals surface area contributed by atoms with Gasteiger partial charge >= 0.3 is 0 Å². The minimum absolute atomic E-state index is 0.00882. The van der Waals surface area contributed by atoms with Gasteiger partial charge in [0, 0.05) is 22.9 Å². The van der Waals surface area contributed by atoms with Gasteiger partial charge in [0.05, 0.1) is 32.3 Å². The summed E-state index contributed by atoms with van der Waals surface area (Å²) in [7, 11) is 3.20. The van der Waals surface area contributed by atoms with Gasteiger partial charge in [-0.1, -0.05) is 11.8 Å². The number of methoxy groups -OCH3 is 2. The van der Waals surface area contributed by atoms with Crippen LogP contribution in [0.2, 0.25) is 0 Å². The number of benzene rings is 1. The zero-order chi connectivity index (χ0) is 19.7. The number of aliphatic hydroxyl groups excluding tert-OH is 1. The third kappa shape index (κ3) is 6.79. The highest BCUT2D eigenvalue weighted by Gasteiger charge is 2.16. The number of nitrogens with two attached hydrogens (primary N) is 1. The summed E-state index contributed by atoms with van der Waals surface area (Å²) in [5, 5.41) is 9.21. The minimum atomic E-state index is -0.530. The van der Waals surface area contributed by atoms with Gasteiger partial charge in [0.25, 0.3) is 0 Å². The van der Waals surface area contributed by atoms with Gasteiger partial charge in [-0.2, -0.15) is 0 Å².